The van der Waals surface area contributed by atoms with Crippen molar-refractivity contribution in [3.8, 4) is 16.2 Å². The van der Waals surface area contributed by atoms with E-state index in [9.17, 15) is 13.2 Å². The van der Waals surface area contributed by atoms with Crippen LogP contribution in [-0.2, 0) is 21.2 Å². The summed E-state index contributed by atoms with van der Waals surface area (Å²) in [4.78, 5) is 18.9. The molecule has 0 spiro atoms. The lowest BCUT2D eigenvalue weighted by Crippen LogP contribution is -2.40. The molecule has 2 N–H and O–H groups in total. The van der Waals surface area contributed by atoms with Gasteiger partial charge in [0.15, 0.2) is 5.01 Å². The van der Waals surface area contributed by atoms with Crippen LogP contribution in [0.1, 0.15) is 81.2 Å². The number of nitrogens with one attached hydrogen (secondary N) is 2. The molecule has 0 bridgehead atoms. The van der Waals surface area contributed by atoms with Gasteiger partial charge < -0.3 is 14.8 Å². The Kier molecular flexibility index (Phi) is 8.93. The van der Waals surface area contributed by atoms with Crippen LogP contribution in [0.4, 0.5) is 0 Å². The molecule has 0 unspecified atom stereocenters. The third kappa shape index (κ3) is 7.31. The summed E-state index contributed by atoms with van der Waals surface area (Å²) in [5.41, 5.74) is 1.08. The molecule has 1 aliphatic heterocycles. The fourth-order valence-corrected chi connectivity index (χ4v) is 7.62. The van der Waals surface area contributed by atoms with Crippen molar-refractivity contribution in [2.75, 3.05) is 20.3 Å². The van der Waals surface area contributed by atoms with Crippen molar-refractivity contribution in [2.45, 2.75) is 88.6 Å². The quantitative estimate of drug-likeness (QED) is 0.484. The predicted octanol–water partition coefficient (Wildman–Crippen LogP) is 4.93. The van der Waals surface area contributed by atoms with E-state index >= 15 is 0 Å². The molecule has 8 nitrogen and oxygen atoms in total. The second-order valence-corrected chi connectivity index (χ2v) is 13.7. The SMILES string of the molecule is COc1cc(-c2sc(C(=O)NC3CCOCC3)nc2CC2CCCCC2)ccc1S(=O)(=O)NC(C)(C)C. The lowest BCUT2D eigenvalue weighted by Gasteiger charge is -2.22. The first-order chi connectivity index (χ1) is 17.6. The molecule has 0 radical (unpaired) electrons. The fraction of sp³-hybridized carbons (Fsp3) is 0.630. The normalized spacial score (nSPS) is 18.1. The summed E-state index contributed by atoms with van der Waals surface area (Å²) in [7, 11) is -2.31. The minimum absolute atomic E-state index is 0.0875. The zero-order valence-corrected chi connectivity index (χ0v) is 23.9. The Morgan fingerprint density at radius 3 is 2.49 bits per heavy atom. The highest BCUT2D eigenvalue weighted by atomic mass is 32.2. The number of amides is 1. The third-order valence-electron chi connectivity index (χ3n) is 6.81. The summed E-state index contributed by atoms with van der Waals surface area (Å²) in [5, 5.41) is 3.56. The Labute approximate surface area is 224 Å². The average Bonchev–Trinajstić information content (AvgIpc) is 3.27. The predicted molar refractivity (Wildman–Crippen MR) is 146 cm³/mol. The zero-order chi connectivity index (χ0) is 26.6. The van der Waals surface area contributed by atoms with Gasteiger partial charge in [0.25, 0.3) is 5.91 Å². The lowest BCUT2D eigenvalue weighted by atomic mass is 9.85. The van der Waals surface area contributed by atoms with Gasteiger partial charge in [0.1, 0.15) is 10.6 Å². The van der Waals surface area contributed by atoms with Crippen molar-refractivity contribution in [1.29, 1.82) is 0 Å². The molecule has 1 aliphatic carbocycles. The van der Waals surface area contributed by atoms with Crippen LogP contribution in [-0.4, -0.2) is 51.2 Å². The van der Waals surface area contributed by atoms with Crippen LogP contribution in [0.5, 0.6) is 5.75 Å². The maximum absolute atomic E-state index is 13.1. The van der Waals surface area contributed by atoms with Crippen molar-refractivity contribution in [3.63, 3.8) is 0 Å². The molecule has 2 aromatic rings. The van der Waals surface area contributed by atoms with E-state index in [1.807, 2.05) is 0 Å². The van der Waals surface area contributed by atoms with Gasteiger partial charge in [-0.05, 0) is 63.6 Å². The standard InChI is InChI=1S/C27H39N3O5S2/c1-27(2,3)30-37(32,33)23-11-10-19(17-22(23)34-4)24-21(16-18-8-6-5-7-9-18)29-26(36-24)25(31)28-20-12-14-35-15-13-20/h10-11,17-18,20,30H,5-9,12-16H2,1-4H3,(H,28,31). The number of rotatable bonds is 8. The Morgan fingerprint density at radius 1 is 1.14 bits per heavy atom. The van der Waals surface area contributed by atoms with Gasteiger partial charge in [-0.15, -0.1) is 11.3 Å². The van der Waals surface area contributed by atoms with E-state index in [1.165, 1.54) is 50.6 Å². The Morgan fingerprint density at radius 2 is 1.84 bits per heavy atom. The summed E-state index contributed by atoms with van der Waals surface area (Å²) in [5.74, 6) is 0.645. The minimum Gasteiger partial charge on any atom is -0.495 e. The first-order valence-corrected chi connectivity index (χ1v) is 15.5. The van der Waals surface area contributed by atoms with Crippen LogP contribution in [0.25, 0.3) is 10.4 Å². The van der Waals surface area contributed by atoms with Crippen molar-refractivity contribution in [1.82, 2.24) is 15.0 Å². The summed E-state index contributed by atoms with van der Waals surface area (Å²) in [6.07, 6.45) is 8.46. The molecule has 1 amide bonds. The van der Waals surface area contributed by atoms with Gasteiger partial charge in [0.2, 0.25) is 10.0 Å². The van der Waals surface area contributed by atoms with Crippen LogP contribution < -0.4 is 14.8 Å². The Bertz CT molecular complexity index is 1190. The highest BCUT2D eigenvalue weighted by Gasteiger charge is 2.28. The molecule has 10 heteroatoms. The molecule has 204 valence electrons. The smallest absolute Gasteiger partial charge is 0.280 e. The van der Waals surface area contributed by atoms with Crippen LogP contribution >= 0.6 is 11.3 Å². The van der Waals surface area contributed by atoms with E-state index < -0.39 is 15.6 Å². The van der Waals surface area contributed by atoms with E-state index in [1.54, 1.807) is 39.0 Å². The Hall–Kier alpha value is -2.01. The van der Waals surface area contributed by atoms with Crippen molar-refractivity contribution in [3.05, 3.63) is 28.9 Å². The van der Waals surface area contributed by atoms with Crippen LogP contribution in [0.2, 0.25) is 0 Å². The first-order valence-electron chi connectivity index (χ1n) is 13.2. The minimum atomic E-state index is -3.78. The number of aromatic nitrogens is 1. The van der Waals surface area contributed by atoms with Crippen LogP contribution in [0, 0.1) is 5.92 Å². The third-order valence-corrected chi connectivity index (χ3v) is 9.75. The first kappa shape index (κ1) is 28.0. The molecule has 1 aromatic heterocycles. The molecule has 1 saturated heterocycles. The molecule has 1 aromatic carbocycles. The van der Waals surface area contributed by atoms with E-state index in [2.05, 4.69) is 10.0 Å². The maximum Gasteiger partial charge on any atom is 0.280 e. The number of sulfonamides is 1. The topological polar surface area (TPSA) is 107 Å². The average molecular weight is 550 g/mol. The number of methoxy groups -OCH3 is 1. The molecule has 2 heterocycles. The molecule has 37 heavy (non-hydrogen) atoms. The van der Waals surface area contributed by atoms with Crippen molar-refractivity contribution >= 4 is 27.3 Å². The van der Waals surface area contributed by atoms with Crippen molar-refractivity contribution in [2.24, 2.45) is 5.92 Å². The second-order valence-electron chi connectivity index (χ2n) is 11.1. The number of ether oxygens (including phenoxy) is 2. The van der Waals surface area contributed by atoms with E-state index in [-0.39, 0.29) is 22.6 Å². The van der Waals surface area contributed by atoms with Crippen LogP contribution in [0.3, 0.4) is 0 Å². The number of carbonyl (C=O) groups is 1. The van der Waals surface area contributed by atoms with Gasteiger partial charge in [-0.3, -0.25) is 4.79 Å². The van der Waals surface area contributed by atoms with Crippen LogP contribution in [0.15, 0.2) is 23.1 Å². The summed E-state index contributed by atoms with van der Waals surface area (Å²) in [6, 6.07) is 5.21. The monoisotopic (exact) mass is 549 g/mol. The highest BCUT2D eigenvalue weighted by Crippen LogP contribution is 2.38. The molecule has 2 aliphatic rings. The van der Waals surface area contributed by atoms with Gasteiger partial charge in [-0.1, -0.05) is 38.2 Å². The molecular formula is C27H39N3O5S2. The number of hydrogen-bond donors (Lipinski definition) is 2. The molecular weight excluding hydrogens is 510 g/mol. The fourth-order valence-electron chi connectivity index (χ4n) is 5.06. The lowest BCUT2D eigenvalue weighted by molar-refractivity contribution is 0.0696. The van der Waals surface area contributed by atoms with Gasteiger partial charge >= 0.3 is 0 Å². The number of thiazole rings is 1. The maximum atomic E-state index is 13.1. The van der Waals surface area contributed by atoms with E-state index in [0.29, 0.717) is 24.1 Å². The number of benzene rings is 1. The summed E-state index contributed by atoms with van der Waals surface area (Å²) >= 11 is 1.37. The van der Waals surface area contributed by atoms with E-state index in [4.69, 9.17) is 14.5 Å². The molecule has 4 rings (SSSR count). The number of carbonyl (C=O) groups excluding carboxylic acids is 1. The molecule has 1 saturated carbocycles. The second kappa shape index (κ2) is 11.8. The highest BCUT2D eigenvalue weighted by molar-refractivity contribution is 7.89. The van der Waals surface area contributed by atoms with E-state index in [0.717, 1.165) is 35.4 Å². The zero-order valence-electron chi connectivity index (χ0n) is 22.3. The molecule has 2 fully saturated rings. The molecule has 0 atom stereocenters. The van der Waals surface area contributed by atoms with Crippen molar-refractivity contribution < 1.29 is 22.7 Å². The van der Waals surface area contributed by atoms with Gasteiger partial charge in [0.05, 0.1) is 17.7 Å². The Balaban J connectivity index is 1.67. The number of nitrogens with zero attached hydrogens (tertiary/aromatic N) is 1. The summed E-state index contributed by atoms with van der Waals surface area (Å²) < 4.78 is 39.7. The van der Waals surface area contributed by atoms with Gasteiger partial charge in [-0.25, -0.2) is 18.1 Å². The largest absolute Gasteiger partial charge is 0.495 e. The van der Waals surface area contributed by atoms with Gasteiger partial charge in [-0.2, -0.15) is 0 Å². The van der Waals surface area contributed by atoms with Gasteiger partial charge in [0, 0.05) is 24.8 Å². The number of hydrogen-bond acceptors (Lipinski definition) is 7. The summed E-state index contributed by atoms with van der Waals surface area (Å²) in [6.45, 7) is 6.70.